The topological polar surface area (TPSA) is 15.6 Å². The van der Waals surface area contributed by atoms with E-state index in [1.807, 2.05) is 7.05 Å². The van der Waals surface area contributed by atoms with Crippen LogP contribution < -0.4 is 0 Å². The Balaban J connectivity index is 2.42. The van der Waals surface area contributed by atoms with Crippen LogP contribution in [0.25, 0.3) is 0 Å². The molecule has 0 unspecified atom stereocenters. The molecular formula is C7H14N2. The Morgan fingerprint density at radius 2 is 1.89 bits per heavy atom. The van der Waals surface area contributed by atoms with Crippen molar-refractivity contribution in [2.45, 2.75) is 19.8 Å². The summed E-state index contributed by atoms with van der Waals surface area (Å²) in [7, 11) is 1.85. The van der Waals surface area contributed by atoms with Crippen LogP contribution in [0, 0.1) is 0 Å². The monoisotopic (exact) mass is 126 g/mol. The first kappa shape index (κ1) is 6.59. The minimum atomic E-state index is 1.19. The second-order valence-corrected chi connectivity index (χ2v) is 2.46. The minimum Gasteiger partial charge on any atom is -0.361 e. The maximum Gasteiger partial charge on any atom is 0.0954 e. The molecule has 0 aromatic rings. The molecule has 2 heteroatoms. The van der Waals surface area contributed by atoms with E-state index in [0.717, 1.165) is 0 Å². The highest BCUT2D eigenvalue weighted by atomic mass is 15.2. The lowest BCUT2D eigenvalue weighted by molar-refractivity contribution is 0.515. The summed E-state index contributed by atoms with van der Waals surface area (Å²) in [5.74, 6) is 1.19. The third-order valence-corrected chi connectivity index (χ3v) is 1.89. The van der Waals surface area contributed by atoms with Gasteiger partial charge in [-0.25, -0.2) is 0 Å². The Morgan fingerprint density at radius 1 is 1.33 bits per heavy atom. The maximum atomic E-state index is 4.11. The quantitative estimate of drug-likeness (QED) is 0.351. The predicted octanol–water partition coefficient (Wildman–Crippen LogP) is 1.13. The van der Waals surface area contributed by atoms with Crippen molar-refractivity contribution in [3.8, 4) is 0 Å². The van der Waals surface area contributed by atoms with Gasteiger partial charge in [-0.05, 0) is 19.8 Å². The lowest BCUT2D eigenvalue weighted by atomic mass is 10.4. The summed E-state index contributed by atoms with van der Waals surface area (Å²) in [4.78, 5) is 6.45. The summed E-state index contributed by atoms with van der Waals surface area (Å²) in [6.07, 6.45) is 2.68. The zero-order chi connectivity index (χ0) is 6.69. The molecule has 1 aliphatic heterocycles. The zero-order valence-electron chi connectivity index (χ0n) is 6.22. The predicted molar refractivity (Wildman–Crippen MR) is 39.8 cm³/mol. The Hall–Kier alpha value is -0.530. The van der Waals surface area contributed by atoms with Crippen molar-refractivity contribution in [1.82, 2.24) is 4.90 Å². The van der Waals surface area contributed by atoms with Crippen LogP contribution in [0.4, 0.5) is 0 Å². The van der Waals surface area contributed by atoms with Gasteiger partial charge in [0.15, 0.2) is 0 Å². The van der Waals surface area contributed by atoms with E-state index in [4.69, 9.17) is 0 Å². The van der Waals surface area contributed by atoms with Crippen LogP contribution in [-0.4, -0.2) is 30.9 Å². The van der Waals surface area contributed by atoms with Crippen molar-refractivity contribution in [3.05, 3.63) is 0 Å². The summed E-state index contributed by atoms with van der Waals surface area (Å²) in [6, 6.07) is 0. The van der Waals surface area contributed by atoms with Crippen molar-refractivity contribution < 1.29 is 0 Å². The summed E-state index contributed by atoms with van der Waals surface area (Å²) in [6.45, 7) is 4.50. The standard InChI is InChI=1S/C7H14N2/c1-7(8-2)9-5-3-4-6-9/h3-6H2,1-2H3. The lowest BCUT2D eigenvalue weighted by Crippen LogP contribution is -2.24. The van der Waals surface area contributed by atoms with Crippen molar-refractivity contribution in [3.63, 3.8) is 0 Å². The van der Waals surface area contributed by atoms with Gasteiger partial charge >= 0.3 is 0 Å². The molecule has 1 aliphatic rings. The van der Waals surface area contributed by atoms with Gasteiger partial charge in [0.1, 0.15) is 0 Å². The second kappa shape index (κ2) is 2.85. The molecular weight excluding hydrogens is 112 g/mol. The molecule has 0 aliphatic carbocycles. The summed E-state index contributed by atoms with van der Waals surface area (Å²) >= 11 is 0. The lowest BCUT2D eigenvalue weighted by Gasteiger charge is -2.15. The molecule has 0 bridgehead atoms. The summed E-state index contributed by atoms with van der Waals surface area (Å²) < 4.78 is 0. The first-order valence-electron chi connectivity index (χ1n) is 3.53. The van der Waals surface area contributed by atoms with E-state index in [9.17, 15) is 0 Å². The number of hydrogen-bond acceptors (Lipinski definition) is 1. The molecule has 0 saturated carbocycles. The minimum absolute atomic E-state index is 1.19. The smallest absolute Gasteiger partial charge is 0.0954 e. The molecule has 1 saturated heterocycles. The van der Waals surface area contributed by atoms with Crippen LogP contribution in [0.15, 0.2) is 4.99 Å². The van der Waals surface area contributed by atoms with Gasteiger partial charge in [0.25, 0.3) is 0 Å². The van der Waals surface area contributed by atoms with E-state index in [1.54, 1.807) is 0 Å². The number of rotatable bonds is 0. The fourth-order valence-electron chi connectivity index (χ4n) is 1.18. The molecule has 2 nitrogen and oxygen atoms in total. The number of amidine groups is 1. The Morgan fingerprint density at radius 3 is 2.33 bits per heavy atom. The molecule has 0 atom stereocenters. The highest BCUT2D eigenvalue weighted by molar-refractivity contribution is 5.79. The Labute approximate surface area is 56.6 Å². The third kappa shape index (κ3) is 1.44. The number of likely N-dealkylation sites (tertiary alicyclic amines) is 1. The van der Waals surface area contributed by atoms with Gasteiger partial charge in [-0.2, -0.15) is 0 Å². The van der Waals surface area contributed by atoms with Crippen LogP contribution in [0.2, 0.25) is 0 Å². The first-order valence-corrected chi connectivity index (χ1v) is 3.53. The SMILES string of the molecule is CN=C(C)N1CCCC1. The zero-order valence-corrected chi connectivity index (χ0v) is 6.22. The molecule has 1 fully saturated rings. The molecule has 0 aromatic heterocycles. The van der Waals surface area contributed by atoms with E-state index in [-0.39, 0.29) is 0 Å². The molecule has 1 rings (SSSR count). The fourth-order valence-corrected chi connectivity index (χ4v) is 1.18. The largest absolute Gasteiger partial charge is 0.361 e. The highest BCUT2D eigenvalue weighted by Gasteiger charge is 2.10. The van der Waals surface area contributed by atoms with Gasteiger partial charge in [0, 0.05) is 20.1 Å². The third-order valence-electron chi connectivity index (χ3n) is 1.89. The Kier molecular flexibility index (Phi) is 2.09. The van der Waals surface area contributed by atoms with Crippen LogP contribution in [-0.2, 0) is 0 Å². The molecule has 0 spiro atoms. The van der Waals surface area contributed by atoms with Crippen LogP contribution in [0.3, 0.4) is 0 Å². The molecule has 0 radical (unpaired) electrons. The number of aliphatic imine (C=N–C) groups is 1. The van der Waals surface area contributed by atoms with Gasteiger partial charge in [-0.15, -0.1) is 0 Å². The highest BCUT2D eigenvalue weighted by Crippen LogP contribution is 2.07. The van der Waals surface area contributed by atoms with Crippen LogP contribution in [0.1, 0.15) is 19.8 Å². The number of hydrogen-bond donors (Lipinski definition) is 0. The van der Waals surface area contributed by atoms with E-state index in [1.165, 1.54) is 31.8 Å². The summed E-state index contributed by atoms with van der Waals surface area (Å²) in [5, 5.41) is 0. The van der Waals surface area contributed by atoms with E-state index >= 15 is 0 Å². The molecule has 9 heavy (non-hydrogen) atoms. The van der Waals surface area contributed by atoms with E-state index in [2.05, 4.69) is 16.8 Å². The number of nitrogens with zero attached hydrogens (tertiary/aromatic N) is 2. The molecule has 0 amide bonds. The van der Waals surface area contributed by atoms with Crippen LogP contribution in [0.5, 0.6) is 0 Å². The Bertz CT molecular complexity index is 112. The van der Waals surface area contributed by atoms with E-state index in [0.29, 0.717) is 0 Å². The average molecular weight is 126 g/mol. The normalized spacial score (nSPS) is 21.1. The van der Waals surface area contributed by atoms with Crippen molar-refractivity contribution >= 4 is 5.84 Å². The molecule has 52 valence electrons. The van der Waals surface area contributed by atoms with Crippen molar-refractivity contribution in [2.75, 3.05) is 20.1 Å². The van der Waals surface area contributed by atoms with Gasteiger partial charge in [-0.3, -0.25) is 4.99 Å². The molecule has 1 heterocycles. The van der Waals surface area contributed by atoms with Gasteiger partial charge in [0.2, 0.25) is 0 Å². The van der Waals surface area contributed by atoms with Crippen molar-refractivity contribution in [1.29, 1.82) is 0 Å². The molecule has 0 aromatic carbocycles. The van der Waals surface area contributed by atoms with Gasteiger partial charge < -0.3 is 4.90 Å². The maximum absolute atomic E-state index is 4.11. The van der Waals surface area contributed by atoms with Crippen molar-refractivity contribution in [2.24, 2.45) is 4.99 Å². The average Bonchev–Trinajstić information content (AvgIpc) is 2.37. The van der Waals surface area contributed by atoms with Gasteiger partial charge in [-0.1, -0.05) is 0 Å². The van der Waals surface area contributed by atoms with E-state index < -0.39 is 0 Å². The fraction of sp³-hybridized carbons (Fsp3) is 0.857. The van der Waals surface area contributed by atoms with Crippen LogP contribution >= 0.6 is 0 Å². The first-order chi connectivity index (χ1) is 4.34. The second-order valence-electron chi connectivity index (χ2n) is 2.46. The molecule has 0 N–H and O–H groups in total. The van der Waals surface area contributed by atoms with Gasteiger partial charge in [0.05, 0.1) is 5.84 Å². The summed E-state index contributed by atoms with van der Waals surface area (Å²) in [5.41, 5.74) is 0.